The van der Waals surface area contributed by atoms with Gasteiger partial charge in [-0.05, 0) is 25.1 Å². The van der Waals surface area contributed by atoms with Crippen LogP contribution in [0.3, 0.4) is 0 Å². The summed E-state index contributed by atoms with van der Waals surface area (Å²) in [6.07, 6.45) is 2.21. The van der Waals surface area contributed by atoms with Crippen LogP contribution >= 0.6 is 0 Å². The van der Waals surface area contributed by atoms with Gasteiger partial charge in [-0.3, -0.25) is 14.3 Å². The highest BCUT2D eigenvalue weighted by Gasteiger charge is 2.12. The molecule has 0 unspecified atom stereocenters. The van der Waals surface area contributed by atoms with Crippen molar-refractivity contribution >= 4 is 11.8 Å². The molecule has 0 bridgehead atoms. The number of carbonyl (C=O) groups excluding carboxylic acids is 2. The number of nitrogens with one attached hydrogen (secondary N) is 2. The Kier molecular flexibility index (Phi) is 4.76. The summed E-state index contributed by atoms with van der Waals surface area (Å²) in [4.78, 5) is 23.4. The van der Waals surface area contributed by atoms with E-state index in [0.29, 0.717) is 18.7 Å². The van der Waals surface area contributed by atoms with E-state index in [1.54, 1.807) is 30.1 Å². The molecule has 2 rings (SSSR count). The van der Waals surface area contributed by atoms with Gasteiger partial charge in [-0.15, -0.1) is 0 Å². The fraction of sp³-hybridized carbons (Fsp3) is 0.357. The zero-order valence-corrected chi connectivity index (χ0v) is 12.0. The van der Waals surface area contributed by atoms with Crippen molar-refractivity contribution in [1.82, 2.24) is 20.4 Å². The van der Waals surface area contributed by atoms with Crippen LogP contribution in [0.15, 0.2) is 28.9 Å². The molecular weight excluding hydrogens is 272 g/mol. The van der Waals surface area contributed by atoms with Gasteiger partial charge in [0.15, 0.2) is 0 Å². The highest BCUT2D eigenvalue weighted by Crippen LogP contribution is 2.01. The van der Waals surface area contributed by atoms with Gasteiger partial charge in [0.05, 0.1) is 12.8 Å². The number of nitrogens with zero attached hydrogens (tertiary/aromatic N) is 2. The van der Waals surface area contributed by atoms with Gasteiger partial charge in [0, 0.05) is 25.7 Å². The molecule has 0 fully saturated rings. The van der Waals surface area contributed by atoms with E-state index in [4.69, 9.17) is 4.42 Å². The molecular formula is C14H18N4O3. The minimum Gasteiger partial charge on any atom is -0.469 e. The first kappa shape index (κ1) is 14.8. The maximum Gasteiger partial charge on any atom is 0.272 e. The molecule has 2 N–H and O–H groups in total. The van der Waals surface area contributed by atoms with E-state index < -0.39 is 0 Å². The molecule has 0 aliphatic carbocycles. The lowest BCUT2D eigenvalue weighted by molar-refractivity contribution is -0.120. The van der Waals surface area contributed by atoms with Crippen molar-refractivity contribution in [2.75, 3.05) is 13.1 Å². The number of aryl methyl sites for hydroxylation is 2. The Morgan fingerprint density at radius 1 is 1.38 bits per heavy atom. The molecule has 7 heteroatoms. The molecule has 112 valence electrons. The maximum absolute atomic E-state index is 11.8. The predicted molar refractivity (Wildman–Crippen MR) is 75.7 cm³/mol. The number of aromatic nitrogens is 2. The summed E-state index contributed by atoms with van der Waals surface area (Å²) in [5.41, 5.74) is 1.18. The van der Waals surface area contributed by atoms with Crippen molar-refractivity contribution < 1.29 is 14.0 Å². The van der Waals surface area contributed by atoms with Gasteiger partial charge in [-0.25, -0.2) is 0 Å². The van der Waals surface area contributed by atoms with Crippen LogP contribution in [0.25, 0.3) is 0 Å². The second-order valence-electron chi connectivity index (χ2n) is 4.66. The standard InChI is InChI=1S/C14H18N4O3/c1-10-8-12(17-18(10)2)14(20)16-9-13(19)15-6-5-11-4-3-7-21-11/h3-4,7-8H,5-6,9H2,1-2H3,(H,15,19)(H,16,20). The maximum atomic E-state index is 11.8. The topological polar surface area (TPSA) is 89.2 Å². The molecule has 0 aromatic carbocycles. The zero-order valence-electron chi connectivity index (χ0n) is 12.0. The van der Waals surface area contributed by atoms with Gasteiger partial charge in [0.2, 0.25) is 5.91 Å². The lowest BCUT2D eigenvalue weighted by atomic mass is 10.3. The van der Waals surface area contributed by atoms with Crippen molar-refractivity contribution in [2.45, 2.75) is 13.3 Å². The molecule has 21 heavy (non-hydrogen) atoms. The largest absolute Gasteiger partial charge is 0.469 e. The highest BCUT2D eigenvalue weighted by atomic mass is 16.3. The van der Waals surface area contributed by atoms with Crippen LogP contribution in [-0.4, -0.2) is 34.7 Å². The highest BCUT2D eigenvalue weighted by molar-refractivity contribution is 5.94. The summed E-state index contributed by atoms with van der Waals surface area (Å²) in [7, 11) is 1.76. The molecule has 0 radical (unpaired) electrons. The molecule has 7 nitrogen and oxygen atoms in total. The summed E-state index contributed by atoms with van der Waals surface area (Å²) >= 11 is 0. The molecule has 0 spiro atoms. The van der Waals surface area contributed by atoms with Crippen molar-refractivity contribution in [1.29, 1.82) is 0 Å². The first-order chi connectivity index (χ1) is 10.1. The number of carbonyl (C=O) groups is 2. The van der Waals surface area contributed by atoms with Crippen LogP contribution in [0.1, 0.15) is 21.9 Å². The lowest BCUT2D eigenvalue weighted by Crippen LogP contribution is -2.37. The zero-order chi connectivity index (χ0) is 15.2. The minimum absolute atomic E-state index is 0.0768. The van der Waals surface area contributed by atoms with Gasteiger partial charge in [0.1, 0.15) is 11.5 Å². The van der Waals surface area contributed by atoms with Gasteiger partial charge < -0.3 is 15.1 Å². The molecule has 0 atom stereocenters. The summed E-state index contributed by atoms with van der Waals surface area (Å²) < 4.78 is 6.76. The molecule has 2 aromatic rings. The number of hydrogen-bond donors (Lipinski definition) is 2. The van der Waals surface area contributed by atoms with Crippen molar-refractivity contribution in [3.8, 4) is 0 Å². The molecule has 0 saturated heterocycles. The van der Waals surface area contributed by atoms with E-state index in [1.807, 2.05) is 13.0 Å². The quantitative estimate of drug-likeness (QED) is 0.806. The first-order valence-corrected chi connectivity index (χ1v) is 6.64. The molecule has 2 aromatic heterocycles. The van der Waals surface area contributed by atoms with Crippen LogP contribution in [0.5, 0.6) is 0 Å². The molecule has 0 aliphatic rings. The fourth-order valence-electron chi connectivity index (χ4n) is 1.77. The fourth-order valence-corrected chi connectivity index (χ4v) is 1.77. The molecule has 2 amide bonds. The average molecular weight is 290 g/mol. The number of hydrogen-bond acceptors (Lipinski definition) is 4. The SMILES string of the molecule is Cc1cc(C(=O)NCC(=O)NCCc2ccco2)nn1C. The van der Waals surface area contributed by atoms with Gasteiger partial charge in [-0.1, -0.05) is 0 Å². The van der Waals surface area contributed by atoms with Crippen LogP contribution in [0.4, 0.5) is 0 Å². The molecule has 2 heterocycles. The number of furan rings is 1. The minimum atomic E-state index is -0.361. The van der Waals surface area contributed by atoms with Gasteiger partial charge in [-0.2, -0.15) is 5.10 Å². The Labute approximate surface area is 122 Å². The smallest absolute Gasteiger partial charge is 0.272 e. The third-order valence-corrected chi connectivity index (χ3v) is 3.03. The Balaban J connectivity index is 1.69. The summed E-state index contributed by atoms with van der Waals surface area (Å²) in [5, 5.41) is 9.28. The second kappa shape index (κ2) is 6.74. The molecule has 0 saturated carbocycles. The summed E-state index contributed by atoms with van der Waals surface area (Å²) in [5.74, 6) is 0.200. The van der Waals surface area contributed by atoms with Crippen LogP contribution in [-0.2, 0) is 18.3 Å². The van der Waals surface area contributed by atoms with Crippen molar-refractivity contribution in [2.24, 2.45) is 7.05 Å². The van der Waals surface area contributed by atoms with Crippen LogP contribution in [0, 0.1) is 6.92 Å². The average Bonchev–Trinajstić information content (AvgIpc) is 3.07. The van der Waals surface area contributed by atoms with Gasteiger partial charge >= 0.3 is 0 Å². The Morgan fingerprint density at radius 3 is 2.81 bits per heavy atom. The summed E-state index contributed by atoms with van der Waals surface area (Å²) in [6.45, 7) is 2.24. The lowest BCUT2D eigenvalue weighted by Gasteiger charge is -2.05. The van der Waals surface area contributed by atoms with E-state index in [-0.39, 0.29) is 18.4 Å². The van der Waals surface area contributed by atoms with Crippen molar-refractivity contribution in [3.63, 3.8) is 0 Å². The predicted octanol–water partition coefficient (Wildman–Crippen LogP) is 0.410. The monoisotopic (exact) mass is 290 g/mol. The van der Waals surface area contributed by atoms with Crippen molar-refractivity contribution in [3.05, 3.63) is 41.6 Å². The van der Waals surface area contributed by atoms with E-state index in [0.717, 1.165) is 11.5 Å². The third-order valence-electron chi connectivity index (χ3n) is 3.03. The van der Waals surface area contributed by atoms with E-state index in [1.165, 1.54) is 0 Å². The second-order valence-corrected chi connectivity index (χ2v) is 4.66. The number of amides is 2. The number of rotatable bonds is 6. The first-order valence-electron chi connectivity index (χ1n) is 6.64. The summed E-state index contributed by atoms with van der Waals surface area (Å²) in [6, 6.07) is 5.31. The Bertz CT molecular complexity index is 597. The van der Waals surface area contributed by atoms with E-state index >= 15 is 0 Å². The normalized spacial score (nSPS) is 10.4. The van der Waals surface area contributed by atoms with E-state index in [9.17, 15) is 9.59 Å². The Hall–Kier alpha value is -2.57. The van der Waals surface area contributed by atoms with Crippen LogP contribution < -0.4 is 10.6 Å². The van der Waals surface area contributed by atoms with Gasteiger partial charge in [0.25, 0.3) is 5.91 Å². The Morgan fingerprint density at radius 2 is 2.19 bits per heavy atom. The molecule has 0 aliphatic heterocycles. The van der Waals surface area contributed by atoms with Crippen LogP contribution in [0.2, 0.25) is 0 Å². The van der Waals surface area contributed by atoms with E-state index in [2.05, 4.69) is 15.7 Å². The third kappa shape index (κ3) is 4.20.